The standard InChI is InChI=1S/C15H26N2O/c1-4-17-10-9-16-14(17)11-13(18)12-5-7-15(2,3)8-6-12/h9-10,12-13,18H,4-8,11H2,1-3H3. The van der Waals surface area contributed by atoms with Crippen LogP contribution in [0.3, 0.4) is 0 Å². The largest absolute Gasteiger partial charge is 0.392 e. The maximum absolute atomic E-state index is 10.4. The lowest BCUT2D eigenvalue weighted by atomic mass is 9.71. The van der Waals surface area contributed by atoms with Gasteiger partial charge >= 0.3 is 0 Å². The van der Waals surface area contributed by atoms with E-state index in [-0.39, 0.29) is 6.10 Å². The van der Waals surface area contributed by atoms with Gasteiger partial charge in [-0.15, -0.1) is 0 Å². The van der Waals surface area contributed by atoms with Gasteiger partial charge in [-0.25, -0.2) is 4.98 Å². The zero-order valence-corrected chi connectivity index (χ0v) is 11.9. The summed E-state index contributed by atoms with van der Waals surface area (Å²) in [5.74, 6) is 1.48. The minimum absolute atomic E-state index is 0.228. The average molecular weight is 250 g/mol. The molecule has 3 nitrogen and oxygen atoms in total. The average Bonchev–Trinajstić information content (AvgIpc) is 2.76. The maximum Gasteiger partial charge on any atom is 0.111 e. The molecule has 1 saturated carbocycles. The van der Waals surface area contributed by atoms with Gasteiger partial charge in [0, 0.05) is 25.4 Å². The highest BCUT2D eigenvalue weighted by molar-refractivity contribution is 4.96. The van der Waals surface area contributed by atoms with E-state index in [1.165, 1.54) is 12.8 Å². The van der Waals surface area contributed by atoms with Crippen molar-refractivity contribution in [2.24, 2.45) is 11.3 Å². The van der Waals surface area contributed by atoms with Crippen LogP contribution in [0.4, 0.5) is 0 Å². The molecule has 1 fully saturated rings. The van der Waals surface area contributed by atoms with Gasteiger partial charge in [-0.05, 0) is 43.9 Å². The van der Waals surface area contributed by atoms with Gasteiger partial charge in [0.1, 0.15) is 5.82 Å². The van der Waals surface area contributed by atoms with Crippen LogP contribution in [0, 0.1) is 11.3 Å². The molecule has 1 heterocycles. The second-order valence-corrected chi connectivity index (χ2v) is 6.40. The third-order valence-electron chi connectivity index (χ3n) is 4.46. The number of aromatic nitrogens is 2. The van der Waals surface area contributed by atoms with Crippen molar-refractivity contribution in [3.63, 3.8) is 0 Å². The summed E-state index contributed by atoms with van der Waals surface area (Å²) < 4.78 is 2.12. The van der Waals surface area contributed by atoms with Crippen LogP contribution in [0.2, 0.25) is 0 Å². The summed E-state index contributed by atoms with van der Waals surface area (Å²) in [7, 11) is 0. The van der Waals surface area contributed by atoms with Crippen LogP contribution in [0.15, 0.2) is 12.4 Å². The molecule has 18 heavy (non-hydrogen) atoms. The third-order valence-corrected chi connectivity index (χ3v) is 4.46. The lowest BCUT2D eigenvalue weighted by Gasteiger charge is -2.36. The Morgan fingerprint density at radius 2 is 2.11 bits per heavy atom. The second-order valence-electron chi connectivity index (χ2n) is 6.40. The molecule has 0 saturated heterocycles. The molecule has 0 amide bonds. The third kappa shape index (κ3) is 3.14. The number of aliphatic hydroxyl groups is 1. The highest BCUT2D eigenvalue weighted by Gasteiger charge is 2.30. The van der Waals surface area contributed by atoms with Crippen molar-refractivity contribution in [1.82, 2.24) is 9.55 Å². The number of nitrogens with zero attached hydrogens (tertiary/aromatic N) is 2. The Labute approximate surface area is 110 Å². The number of hydrogen-bond acceptors (Lipinski definition) is 2. The summed E-state index contributed by atoms with van der Waals surface area (Å²) in [6.07, 6.45) is 9.07. The van der Waals surface area contributed by atoms with E-state index in [0.717, 1.165) is 25.2 Å². The Balaban J connectivity index is 1.91. The molecule has 1 atom stereocenters. The summed E-state index contributed by atoms with van der Waals surface area (Å²) in [4.78, 5) is 4.35. The lowest BCUT2D eigenvalue weighted by Crippen LogP contribution is -2.31. The number of imidazole rings is 1. The summed E-state index contributed by atoms with van der Waals surface area (Å²) >= 11 is 0. The zero-order valence-electron chi connectivity index (χ0n) is 11.9. The van der Waals surface area contributed by atoms with E-state index in [4.69, 9.17) is 0 Å². The Bertz CT molecular complexity index is 374. The smallest absolute Gasteiger partial charge is 0.111 e. The topological polar surface area (TPSA) is 38.0 Å². The van der Waals surface area contributed by atoms with E-state index in [1.807, 2.05) is 12.4 Å². The quantitative estimate of drug-likeness (QED) is 0.892. The fraction of sp³-hybridized carbons (Fsp3) is 0.800. The Morgan fingerprint density at radius 1 is 1.44 bits per heavy atom. The van der Waals surface area contributed by atoms with Gasteiger partial charge in [-0.2, -0.15) is 0 Å². The highest BCUT2D eigenvalue weighted by atomic mass is 16.3. The van der Waals surface area contributed by atoms with Crippen molar-refractivity contribution >= 4 is 0 Å². The van der Waals surface area contributed by atoms with Gasteiger partial charge in [-0.1, -0.05) is 13.8 Å². The number of aliphatic hydroxyl groups excluding tert-OH is 1. The van der Waals surface area contributed by atoms with Gasteiger partial charge < -0.3 is 9.67 Å². The van der Waals surface area contributed by atoms with Gasteiger partial charge in [0.2, 0.25) is 0 Å². The van der Waals surface area contributed by atoms with Crippen LogP contribution in [0.25, 0.3) is 0 Å². The highest BCUT2D eigenvalue weighted by Crippen LogP contribution is 2.39. The monoisotopic (exact) mass is 250 g/mol. The molecule has 0 bridgehead atoms. The van der Waals surface area contributed by atoms with Crippen LogP contribution >= 0.6 is 0 Å². The molecule has 0 aromatic carbocycles. The van der Waals surface area contributed by atoms with E-state index in [1.54, 1.807) is 0 Å². The van der Waals surface area contributed by atoms with Crippen molar-refractivity contribution in [3.8, 4) is 0 Å². The van der Waals surface area contributed by atoms with Gasteiger partial charge in [0.15, 0.2) is 0 Å². The van der Waals surface area contributed by atoms with Crippen molar-refractivity contribution in [1.29, 1.82) is 0 Å². The number of rotatable bonds is 4. The summed E-state index contributed by atoms with van der Waals surface area (Å²) in [6.45, 7) is 7.71. The van der Waals surface area contributed by atoms with Gasteiger partial charge in [0.25, 0.3) is 0 Å². The zero-order chi connectivity index (χ0) is 13.2. The predicted molar refractivity (Wildman–Crippen MR) is 73.4 cm³/mol. The fourth-order valence-electron chi connectivity index (χ4n) is 2.98. The van der Waals surface area contributed by atoms with E-state index in [0.29, 0.717) is 17.8 Å². The van der Waals surface area contributed by atoms with Gasteiger partial charge in [0.05, 0.1) is 6.10 Å². The second kappa shape index (κ2) is 5.43. The normalized spacial score (nSPS) is 22.0. The van der Waals surface area contributed by atoms with E-state index in [9.17, 15) is 5.11 Å². The molecule has 0 aliphatic heterocycles. The number of hydrogen-bond donors (Lipinski definition) is 1. The summed E-state index contributed by atoms with van der Waals surface area (Å²) in [5.41, 5.74) is 0.470. The van der Waals surface area contributed by atoms with Crippen molar-refractivity contribution < 1.29 is 5.11 Å². The van der Waals surface area contributed by atoms with Crippen LogP contribution in [-0.4, -0.2) is 20.8 Å². The van der Waals surface area contributed by atoms with Crippen molar-refractivity contribution in [2.45, 2.75) is 65.5 Å². The Hall–Kier alpha value is -0.830. The molecule has 2 rings (SSSR count). The predicted octanol–water partition coefficient (Wildman–Crippen LogP) is 3.02. The van der Waals surface area contributed by atoms with Crippen molar-refractivity contribution in [2.75, 3.05) is 0 Å². The van der Waals surface area contributed by atoms with E-state index in [2.05, 4.69) is 30.3 Å². The maximum atomic E-state index is 10.4. The molecule has 0 spiro atoms. The molecule has 1 aromatic rings. The van der Waals surface area contributed by atoms with Crippen LogP contribution in [0.1, 0.15) is 52.3 Å². The minimum atomic E-state index is -0.228. The van der Waals surface area contributed by atoms with Crippen LogP contribution in [-0.2, 0) is 13.0 Å². The molecule has 102 valence electrons. The Kier molecular flexibility index (Phi) is 4.10. The fourth-order valence-corrected chi connectivity index (χ4v) is 2.98. The first-order valence-electron chi connectivity index (χ1n) is 7.20. The molecular weight excluding hydrogens is 224 g/mol. The van der Waals surface area contributed by atoms with Crippen LogP contribution in [0.5, 0.6) is 0 Å². The molecule has 0 radical (unpaired) electrons. The molecule has 1 aromatic heterocycles. The SMILES string of the molecule is CCn1ccnc1CC(O)C1CCC(C)(C)CC1. The molecule has 1 aliphatic rings. The van der Waals surface area contributed by atoms with Crippen LogP contribution < -0.4 is 0 Å². The minimum Gasteiger partial charge on any atom is -0.392 e. The first-order valence-corrected chi connectivity index (χ1v) is 7.20. The number of aryl methyl sites for hydroxylation is 1. The molecule has 1 N–H and O–H groups in total. The summed E-state index contributed by atoms with van der Waals surface area (Å²) in [6, 6.07) is 0. The molecule has 1 aliphatic carbocycles. The Morgan fingerprint density at radius 3 is 2.72 bits per heavy atom. The van der Waals surface area contributed by atoms with Gasteiger partial charge in [-0.3, -0.25) is 0 Å². The lowest BCUT2D eigenvalue weighted by molar-refractivity contribution is 0.0558. The molecule has 3 heteroatoms. The molecule has 1 unspecified atom stereocenters. The summed E-state index contributed by atoms with van der Waals surface area (Å²) in [5, 5.41) is 10.4. The van der Waals surface area contributed by atoms with Crippen molar-refractivity contribution in [3.05, 3.63) is 18.2 Å². The van der Waals surface area contributed by atoms with E-state index < -0.39 is 0 Å². The van der Waals surface area contributed by atoms with E-state index >= 15 is 0 Å². The molecular formula is C15H26N2O. The first-order chi connectivity index (χ1) is 8.52. The first kappa shape index (κ1) is 13.6.